The molecule has 2 aromatic rings. The van der Waals surface area contributed by atoms with Gasteiger partial charge in [-0.2, -0.15) is 4.31 Å². The summed E-state index contributed by atoms with van der Waals surface area (Å²) < 4.78 is 27.6. The van der Waals surface area contributed by atoms with Gasteiger partial charge >= 0.3 is 0 Å². The molecule has 0 atom stereocenters. The van der Waals surface area contributed by atoms with Crippen LogP contribution in [-0.2, 0) is 27.8 Å². The number of sulfonamides is 1. The zero-order valence-corrected chi connectivity index (χ0v) is 15.3. The fraction of sp³-hybridized carbons (Fsp3) is 0.316. The molecule has 0 saturated heterocycles. The molecular weight excluding hydrogens is 336 g/mol. The van der Waals surface area contributed by atoms with E-state index in [2.05, 4.69) is 5.32 Å². The summed E-state index contributed by atoms with van der Waals surface area (Å²) in [5, 5.41) is 2.78. The average molecular weight is 358 g/mol. The van der Waals surface area contributed by atoms with E-state index in [1.54, 1.807) is 18.2 Å². The van der Waals surface area contributed by atoms with E-state index in [1.807, 2.05) is 38.1 Å². The molecule has 132 valence electrons. The van der Waals surface area contributed by atoms with Crippen molar-refractivity contribution in [3.05, 3.63) is 59.2 Å². The fourth-order valence-corrected chi connectivity index (χ4v) is 4.49. The highest BCUT2D eigenvalue weighted by molar-refractivity contribution is 7.89. The Bertz CT molecular complexity index is 907. The molecule has 0 fully saturated rings. The zero-order valence-electron chi connectivity index (χ0n) is 14.5. The second-order valence-corrected chi connectivity index (χ2v) is 8.16. The number of anilines is 1. The van der Waals surface area contributed by atoms with Crippen LogP contribution in [0.4, 0.5) is 5.69 Å². The lowest BCUT2D eigenvalue weighted by atomic mass is 10.0. The van der Waals surface area contributed by atoms with Gasteiger partial charge in [0.1, 0.15) is 0 Å². The Balaban J connectivity index is 1.91. The van der Waals surface area contributed by atoms with Crippen LogP contribution in [-0.4, -0.2) is 25.2 Å². The largest absolute Gasteiger partial charge is 0.326 e. The van der Waals surface area contributed by atoms with Crippen molar-refractivity contribution in [3.63, 3.8) is 0 Å². The number of aryl methyl sites for hydroxylation is 2. The highest BCUT2D eigenvalue weighted by atomic mass is 32.2. The van der Waals surface area contributed by atoms with E-state index in [4.69, 9.17) is 0 Å². The normalized spacial score (nSPS) is 14.3. The summed E-state index contributed by atoms with van der Waals surface area (Å²) in [7, 11) is -3.59. The molecule has 0 bridgehead atoms. The van der Waals surface area contributed by atoms with Crippen molar-refractivity contribution < 1.29 is 13.2 Å². The van der Waals surface area contributed by atoms with Crippen LogP contribution in [0.2, 0.25) is 0 Å². The van der Waals surface area contributed by atoms with Gasteiger partial charge in [-0.15, -0.1) is 0 Å². The van der Waals surface area contributed by atoms with Crippen molar-refractivity contribution >= 4 is 21.6 Å². The Morgan fingerprint density at radius 1 is 1.12 bits per heavy atom. The van der Waals surface area contributed by atoms with Crippen LogP contribution in [0.3, 0.4) is 0 Å². The maximum atomic E-state index is 13.1. The van der Waals surface area contributed by atoms with Gasteiger partial charge < -0.3 is 5.32 Å². The molecule has 25 heavy (non-hydrogen) atoms. The Morgan fingerprint density at radius 2 is 1.88 bits per heavy atom. The van der Waals surface area contributed by atoms with Gasteiger partial charge in [-0.1, -0.05) is 31.2 Å². The van der Waals surface area contributed by atoms with E-state index < -0.39 is 10.0 Å². The maximum Gasteiger partial charge on any atom is 0.243 e. The lowest BCUT2D eigenvalue weighted by Crippen LogP contribution is -2.31. The van der Waals surface area contributed by atoms with E-state index >= 15 is 0 Å². The van der Waals surface area contributed by atoms with Crippen LogP contribution in [0.15, 0.2) is 47.4 Å². The van der Waals surface area contributed by atoms with Gasteiger partial charge in [-0.25, -0.2) is 8.42 Å². The topological polar surface area (TPSA) is 66.5 Å². The molecule has 1 N–H and O–H groups in total. The lowest BCUT2D eigenvalue weighted by molar-refractivity contribution is -0.116. The highest BCUT2D eigenvalue weighted by Crippen LogP contribution is 2.27. The average Bonchev–Trinajstić information content (AvgIpc) is 2.60. The monoisotopic (exact) mass is 358 g/mol. The number of benzene rings is 2. The number of nitrogens with one attached hydrogen (secondary N) is 1. The summed E-state index contributed by atoms with van der Waals surface area (Å²) in [6.45, 7) is 4.57. The molecule has 6 heteroatoms. The summed E-state index contributed by atoms with van der Waals surface area (Å²) in [4.78, 5) is 11.7. The predicted octanol–water partition coefficient (Wildman–Crippen LogP) is 3.09. The molecule has 0 aromatic heterocycles. The molecule has 3 rings (SSSR count). The fourth-order valence-electron chi connectivity index (χ4n) is 3.01. The number of hydrogen-bond donors (Lipinski definition) is 1. The summed E-state index contributed by atoms with van der Waals surface area (Å²) in [6, 6.07) is 12.7. The predicted molar refractivity (Wildman–Crippen MR) is 97.8 cm³/mol. The van der Waals surface area contributed by atoms with Crippen LogP contribution in [0.1, 0.15) is 30.0 Å². The van der Waals surface area contributed by atoms with Gasteiger partial charge in [0, 0.05) is 25.2 Å². The molecule has 0 saturated carbocycles. The molecule has 1 amide bonds. The van der Waals surface area contributed by atoms with Gasteiger partial charge in [-0.05, 0) is 48.2 Å². The molecule has 0 radical (unpaired) electrons. The molecule has 5 nitrogen and oxygen atoms in total. The third kappa shape index (κ3) is 3.60. The third-order valence-electron chi connectivity index (χ3n) is 4.57. The molecule has 0 aliphatic carbocycles. The summed E-state index contributed by atoms with van der Waals surface area (Å²) >= 11 is 0. The molecule has 0 unspecified atom stereocenters. The highest BCUT2D eigenvalue weighted by Gasteiger charge is 2.25. The minimum atomic E-state index is -3.59. The number of rotatable bonds is 5. The van der Waals surface area contributed by atoms with Crippen molar-refractivity contribution in [1.82, 2.24) is 4.31 Å². The Kier molecular flexibility index (Phi) is 4.92. The van der Waals surface area contributed by atoms with E-state index in [-0.39, 0.29) is 10.8 Å². The Labute approximate surface area is 148 Å². The summed E-state index contributed by atoms with van der Waals surface area (Å²) in [5.74, 6) is -0.0298. The van der Waals surface area contributed by atoms with Gasteiger partial charge in [0.2, 0.25) is 15.9 Å². The molecular formula is C19H22N2O3S. The number of carbonyl (C=O) groups excluding carboxylic acids is 1. The molecule has 1 heterocycles. The minimum absolute atomic E-state index is 0.0298. The van der Waals surface area contributed by atoms with E-state index in [0.29, 0.717) is 31.6 Å². The number of nitrogens with zero attached hydrogens (tertiary/aromatic N) is 1. The van der Waals surface area contributed by atoms with Crippen molar-refractivity contribution in [2.24, 2.45) is 0 Å². The third-order valence-corrected chi connectivity index (χ3v) is 6.49. The van der Waals surface area contributed by atoms with Gasteiger partial charge in [-0.3, -0.25) is 4.79 Å². The van der Waals surface area contributed by atoms with Crippen LogP contribution in [0, 0.1) is 6.92 Å². The van der Waals surface area contributed by atoms with E-state index in [1.165, 1.54) is 4.31 Å². The first-order valence-corrected chi connectivity index (χ1v) is 9.83. The molecule has 2 aromatic carbocycles. The van der Waals surface area contributed by atoms with Gasteiger partial charge in [0.25, 0.3) is 0 Å². The van der Waals surface area contributed by atoms with E-state index in [9.17, 15) is 13.2 Å². The maximum absolute atomic E-state index is 13.1. The number of fused-ring (bicyclic) bond motifs is 1. The first-order chi connectivity index (χ1) is 11.9. The smallest absolute Gasteiger partial charge is 0.243 e. The second-order valence-electron chi connectivity index (χ2n) is 6.22. The first-order valence-electron chi connectivity index (χ1n) is 8.39. The van der Waals surface area contributed by atoms with Crippen LogP contribution in [0.25, 0.3) is 0 Å². The van der Waals surface area contributed by atoms with Crippen molar-refractivity contribution in [2.45, 2.75) is 38.1 Å². The second kappa shape index (κ2) is 6.98. The first kappa shape index (κ1) is 17.6. The number of amides is 1. The van der Waals surface area contributed by atoms with Gasteiger partial charge in [0.05, 0.1) is 4.90 Å². The standard InChI is InChI=1S/C19H22N2O3S/c1-3-21(13-16-7-5-4-6-14(16)2)25(23,24)17-9-10-18-15(12-17)8-11-19(22)20-18/h4-7,9-10,12H,3,8,11,13H2,1-2H3,(H,20,22). The molecule has 1 aliphatic rings. The van der Waals surface area contributed by atoms with Crippen LogP contribution < -0.4 is 5.32 Å². The summed E-state index contributed by atoms with van der Waals surface area (Å²) in [6.07, 6.45) is 0.950. The lowest BCUT2D eigenvalue weighted by Gasteiger charge is -2.23. The molecule has 1 aliphatic heterocycles. The van der Waals surface area contributed by atoms with Crippen molar-refractivity contribution in [3.8, 4) is 0 Å². The van der Waals surface area contributed by atoms with Crippen LogP contribution >= 0.6 is 0 Å². The Morgan fingerprint density at radius 3 is 2.60 bits per heavy atom. The van der Waals surface area contributed by atoms with E-state index in [0.717, 1.165) is 16.7 Å². The molecule has 0 spiro atoms. The quantitative estimate of drug-likeness (QED) is 0.893. The number of hydrogen-bond acceptors (Lipinski definition) is 3. The van der Waals surface area contributed by atoms with Crippen molar-refractivity contribution in [2.75, 3.05) is 11.9 Å². The Hall–Kier alpha value is -2.18. The summed E-state index contributed by atoms with van der Waals surface area (Å²) in [5.41, 5.74) is 3.65. The number of carbonyl (C=O) groups is 1. The minimum Gasteiger partial charge on any atom is -0.326 e. The SMILES string of the molecule is CCN(Cc1ccccc1C)S(=O)(=O)c1ccc2c(c1)CCC(=O)N2. The van der Waals surface area contributed by atoms with Crippen molar-refractivity contribution in [1.29, 1.82) is 0 Å². The zero-order chi connectivity index (χ0) is 18.0. The van der Waals surface area contributed by atoms with Gasteiger partial charge in [0.15, 0.2) is 0 Å². The van der Waals surface area contributed by atoms with Crippen LogP contribution in [0.5, 0.6) is 0 Å².